The Morgan fingerprint density at radius 3 is 2.20 bits per heavy atom. The molecule has 0 amide bonds. The van der Waals surface area contributed by atoms with Gasteiger partial charge in [0.2, 0.25) is 0 Å². The Labute approximate surface area is 93.5 Å². The molecule has 0 fully saturated rings. The average Bonchev–Trinajstić information content (AvgIpc) is 2.18. The molecule has 1 aromatic rings. The SMILES string of the molecule is [CH2]CCCOc1ccc(C(C)(C)C)cc1. The molecule has 0 saturated carbocycles. The zero-order valence-electron chi connectivity index (χ0n) is 10.0. The number of rotatable bonds is 4. The lowest BCUT2D eigenvalue weighted by molar-refractivity contribution is 0.311. The molecule has 1 nitrogen and oxygen atoms in total. The van der Waals surface area contributed by atoms with Crippen LogP contribution >= 0.6 is 0 Å². The van der Waals surface area contributed by atoms with Crippen LogP contribution in [0.2, 0.25) is 0 Å². The zero-order valence-corrected chi connectivity index (χ0v) is 10.0. The lowest BCUT2D eigenvalue weighted by Crippen LogP contribution is -2.10. The number of benzene rings is 1. The highest BCUT2D eigenvalue weighted by Gasteiger charge is 2.12. The van der Waals surface area contributed by atoms with Crippen molar-refractivity contribution in [1.29, 1.82) is 0 Å². The molecular formula is C14H21O. The molecule has 1 radical (unpaired) electrons. The molecule has 15 heavy (non-hydrogen) atoms. The minimum Gasteiger partial charge on any atom is -0.494 e. The van der Waals surface area contributed by atoms with Gasteiger partial charge in [0, 0.05) is 0 Å². The second kappa shape index (κ2) is 5.20. The van der Waals surface area contributed by atoms with Gasteiger partial charge in [-0.25, -0.2) is 0 Å². The lowest BCUT2D eigenvalue weighted by atomic mass is 9.87. The molecule has 0 aliphatic carbocycles. The van der Waals surface area contributed by atoms with Gasteiger partial charge in [0.1, 0.15) is 5.75 Å². The Balaban J connectivity index is 2.57. The maximum atomic E-state index is 5.57. The first-order chi connectivity index (χ1) is 7.04. The summed E-state index contributed by atoms with van der Waals surface area (Å²) in [5.41, 5.74) is 1.55. The minimum atomic E-state index is 0.214. The summed E-state index contributed by atoms with van der Waals surface area (Å²) < 4.78 is 5.57. The van der Waals surface area contributed by atoms with Crippen LogP contribution in [0.5, 0.6) is 5.75 Å². The van der Waals surface area contributed by atoms with Crippen LogP contribution in [-0.4, -0.2) is 6.61 Å². The molecule has 0 unspecified atom stereocenters. The summed E-state index contributed by atoms with van der Waals surface area (Å²) >= 11 is 0. The van der Waals surface area contributed by atoms with E-state index in [1.54, 1.807) is 0 Å². The first-order valence-electron chi connectivity index (χ1n) is 5.56. The fourth-order valence-corrected chi connectivity index (χ4v) is 1.34. The Bertz CT molecular complexity index is 279. The molecule has 0 aliphatic heterocycles. The van der Waals surface area contributed by atoms with Gasteiger partial charge >= 0.3 is 0 Å². The van der Waals surface area contributed by atoms with Crippen LogP contribution in [0.1, 0.15) is 39.2 Å². The number of hydrogen-bond acceptors (Lipinski definition) is 1. The monoisotopic (exact) mass is 205 g/mol. The third-order valence-electron chi connectivity index (χ3n) is 2.38. The first kappa shape index (κ1) is 12.1. The largest absolute Gasteiger partial charge is 0.494 e. The fourth-order valence-electron chi connectivity index (χ4n) is 1.34. The fraction of sp³-hybridized carbons (Fsp3) is 0.500. The molecule has 0 spiro atoms. The Hall–Kier alpha value is -0.980. The van der Waals surface area contributed by atoms with E-state index in [-0.39, 0.29) is 5.41 Å². The van der Waals surface area contributed by atoms with Crippen molar-refractivity contribution in [1.82, 2.24) is 0 Å². The van der Waals surface area contributed by atoms with Crippen molar-refractivity contribution in [3.05, 3.63) is 36.8 Å². The first-order valence-corrected chi connectivity index (χ1v) is 5.56. The summed E-state index contributed by atoms with van der Waals surface area (Å²) in [6, 6.07) is 8.37. The standard InChI is InChI=1S/C14H21O/c1-5-6-11-15-13-9-7-12(8-10-13)14(2,3)4/h7-10H,1,5-6,11H2,2-4H3. The highest BCUT2D eigenvalue weighted by atomic mass is 16.5. The van der Waals surface area contributed by atoms with Crippen LogP contribution in [0.4, 0.5) is 0 Å². The molecule has 0 aromatic heterocycles. The van der Waals surface area contributed by atoms with Crippen molar-refractivity contribution < 1.29 is 4.74 Å². The van der Waals surface area contributed by atoms with Crippen LogP contribution in [0.3, 0.4) is 0 Å². The number of unbranched alkanes of at least 4 members (excludes halogenated alkanes) is 1. The van der Waals surface area contributed by atoms with E-state index < -0.39 is 0 Å². The highest BCUT2D eigenvalue weighted by Crippen LogP contribution is 2.24. The molecule has 0 heterocycles. The summed E-state index contributed by atoms with van der Waals surface area (Å²) in [7, 11) is 0. The van der Waals surface area contributed by atoms with Gasteiger partial charge in [-0.05, 0) is 29.5 Å². The molecule has 0 aliphatic rings. The third-order valence-corrected chi connectivity index (χ3v) is 2.38. The van der Waals surface area contributed by atoms with Gasteiger partial charge in [0.25, 0.3) is 0 Å². The van der Waals surface area contributed by atoms with Gasteiger partial charge in [0.05, 0.1) is 6.61 Å². The van der Waals surface area contributed by atoms with Gasteiger partial charge in [-0.1, -0.05) is 46.2 Å². The van der Waals surface area contributed by atoms with E-state index >= 15 is 0 Å². The summed E-state index contributed by atoms with van der Waals surface area (Å²) in [5, 5.41) is 0. The summed E-state index contributed by atoms with van der Waals surface area (Å²) in [5.74, 6) is 0.955. The highest BCUT2D eigenvalue weighted by molar-refractivity contribution is 5.31. The third kappa shape index (κ3) is 3.94. The zero-order chi connectivity index (χ0) is 11.3. The van der Waals surface area contributed by atoms with Crippen molar-refractivity contribution in [2.45, 2.75) is 39.0 Å². The van der Waals surface area contributed by atoms with E-state index in [9.17, 15) is 0 Å². The van der Waals surface area contributed by atoms with E-state index in [0.29, 0.717) is 0 Å². The van der Waals surface area contributed by atoms with Crippen molar-refractivity contribution in [3.63, 3.8) is 0 Å². The van der Waals surface area contributed by atoms with Gasteiger partial charge in [-0.15, -0.1) is 0 Å². The van der Waals surface area contributed by atoms with Crippen LogP contribution < -0.4 is 4.74 Å². The van der Waals surface area contributed by atoms with Crippen molar-refractivity contribution in [2.75, 3.05) is 6.61 Å². The molecular weight excluding hydrogens is 184 g/mol. The van der Waals surface area contributed by atoms with E-state index in [1.807, 2.05) is 12.1 Å². The lowest BCUT2D eigenvalue weighted by Gasteiger charge is -2.19. The maximum absolute atomic E-state index is 5.57. The maximum Gasteiger partial charge on any atom is 0.119 e. The Kier molecular flexibility index (Phi) is 4.19. The summed E-state index contributed by atoms with van der Waals surface area (Å²) in [4.78, 5) is 0. The van der Waals surface area contributed by atoms with Gasteiger partial charge in [-0.2, -0.15) is 0 Å². The molecule has 1 aromatic carbocycles. The van der Waals surface area contributed by atoms with Crippen LogP contribution in [0.25, 0.3) is 0 Å². The number of ether oxygens (including phenoxy) is 1. The minimum absolute atomic E-state index is 0.214. The van der Waals surface area contributed by atoms with E-state index in [2.05, 4.69) is 39.8 Å². The second-order valence-corrected chi connectivity index (χ2v) is 4.83. The molecule has 0 bridgehead atoms. The van der Waals surface area contributed by atoms with Gasteiger partial charge < -0.3 is 4.74 Å². The van der Waals surface area contributed by atoms with Crippen molar-refractivity contribution in [2.24, 2.45) is 0 Å². The van der Waals surface area contributed by atoms with Crippen molar-refractivity contribution in [3.8, 4) is 5.75 Å². The number of hydrogen-bond donors (Lipinski definition) is 0. The van der Waals surface area contributed by atoms with E-state index in [4.69, 9.17) is 4.74 Å². The van der Waals surface area contributed by atoms with Crippen LogP contribution in [0.15, 0.2) is 24.3 Å². The Morgan fingerprint density at radius 2 is 1.73 bits per heavy atom. The van der Waals surface area contributed by atoms with Gasteiger partial charge in [-0.3, -0.25) is 0 Å². The quantitative estimate of drug-likeness (QED) is 0.676. The van der Waals surface area contributed by atoms with Crippen LogP contribution in [-0.2, 0) is 5.41 Å². The average molecular weight is 205 g/mol. The molecule has 0 atom stereocenters. The molecule has 1 rings (SSSR count). The molecule has 0 saturated heterocycles. The van der Waals surface area contributed by atoms with E-state index in [0.717, 1.165) is 25.2 Å². The van der Waals surface area contributed by atoms with Crippen molar-refractivity contribution >= 4 is 0 Å². The van der Waals surface area contributed by atoms with Gasteiger partial charge in [0.15, 0.2) is 0 Å². The molecule has 0 N–H and O–H groups in total. The topological polar surface area (TPSA) is 9.23 Å². The molecule has 1 heteroatoms. The summed E-state index contributed by atoms with van der Waals surface area (Å²) in [6.07, 6.45) is 1.95. The normalized spacial score (nSPS) is 11.5. The molecule has 83 valence electrons. The predicted molar refractivity (Wildman–Crippen MR) is 65.2 cm³/mol. The van der Waals surface area contributed by atoms with E-state index in [1.165, 1.54) is 5.56 Å². The predicted octanol–water partition coefficient (Wildman–Crippen LogP) is 3.98. The second-order valence-electron chi connectivity index (χ2n) is 4.83. The smallest absolute Gasteiger partial charge is 0.119 e. The Morgan fingerprint density at radius 1 is 1.13 bits per heavy atom. The summed E-state index contributed by atoms with van der Waals surface area (Å²) in [6.45, 7) is 11.2. The van der Waals surface area contributed by atoms with Crippen LogP contribution in [0, 0.1) is 6.92 Å².